The molecule has 0 radical (unpaired) electrons. The Morgan fingerprint density at radius 3 is 2.00 bits per heavy atom. The average molecular weight is 329 g/mol. The van der Waals surface area contributed by atoms with E-state index >= 15 is 0 Å². The fraction of sp³-hybridized carbons (Fsp3) is 0.316. The molecule has 0 saturated carbocycles. The van der Waals surface area contributed by atoms with Gasteiger partial charge in [0.05, 0.1) is 4.90 Å². The first-order valence-corrected chi connectivity index (χ1v) is 9.02. The molecule has 0 N–H and O–H groups in total. The summed E-state index contributed by atoms with van der Waals surface area (Å²) in [7, 11) is -3.71. The second-order valence-corrected chi connectivity index (χ2v) is 8.09. The Morgan fingerprint density at radius 2 is 1.48 bits per heavy atom. The number of sulfonamides is 1. The summed E-state index contributed by atoms with van der Waals surface area (Å²) in [5, 5.41) is 0. The molecule has 2 rings (SSSR count). The van der Waals surface area contributed by atoms with Crippen molar-refractivity contribution in [2.75, 3.05) is 0 Å². The van der Waals surface area contributed by atoms with Gasteiger partial charge in [0, 0.05) is 11.6 Å². The van der Waals surface area contributed by atoms with Crippen LogP contribution < -0.4 is 0 Å². The normalized spacial score (nSPS) is 12.7. The van der Waals surface area contributed by atoms with Crippen LogP contribution in [0.1, 0.15) is 36.1 Å². The summed E-state index contributed by atoms with van der Waals surface area (Å²) in [6, 6.07) is 13.5. The minimum Gasteiger partial charge on any atom is -0.199 e. The van der Waals surface area contributed by atoms with Crippen molar-refractivity contribution < 1.29 is 8.42 Å². The van der Waals surface area contributed by atoms with Gasteiger partial charge in [-0.25, -0.2) is 0 Å². The second-order valence-electron chi connectivity index (χ2n) is 6.53. The summed E-state index contributed by atoms with van der Waals surface area (Å²) in [5.41, 5.74) is 3.08. The molecule has 23 heavy (non-hydrogen) atoms. The molecule has 0 aliphatic heterocycles. The molecular weight excluding hydrogens is 306 g/mol. The van der Waals surface area contributed by atoms with Crippen LogP contribution >= 0.6 is 0 Å². The van der Waals surface area contributed by atoms with E-state index in [0.717, 1.165) is 22.3 Å². The molecule has 2 aromatic carbocycles. The molecule has 0 aliphatic rings. The van der Waals surface area contributed by atoms with Crippen molar-refractivity contribution >= 4 is 16.2 Å². The molecule has 0 heterocycles. The molecule has 0 atom stereocenters. The van der Waals surface area contributed by atoms with Crippen molar-refractivity contribution in [1.82, 2.24) is 0 Å². The zero-order valence-corrected chi connectivity index (χ0v) is 15.1. The molecule has 0 unspecified atom stereocenters. The third-order valence-electron chi connectivity index (χ3n) is 3.89. The summed E-state index contributed by atoms with van der Waals surface area (Å²) in [5.74, 6) is 0. The summed E-state index contributed by atoms with van der Waals surface area (Å²) >= 11 is 0. The van der Waals surface area contributed by atoms with E-state index in [4.69, 9.17) is 0 Å². The highest BCUT2D eigenvalue weighted by molar-refractivity contribution is 7.90. The van der Waals surface area contributed by atoms with Crippen molar-refractivity contribution in [1.29, 1.82) is 0 Å². The van der Waals surface area contributed by atoms with Gasteiger partial charge >= 0.3 is 0 Å². The monoisotopic (exact) mass is 329 g/mol. The Morgan fingerprint density at radius 1 is 0.957 bits per heavy atom. The number of rotatable bonds is 4. The van der Waals surface area contributed by atoms with Crippen molar-refractivity contribution in [2.24, 2.45) is 4.40 Å². The largest absolute Gasteiger partial charge is 0.282 e. The Bertz CT molecular complexity index is 812. The first-order valence-electron chi connectivity index (χ1n) is 7.58. The van der Waals surface area contributed by atoms with Crippen LogP contribution in [0.3, 0.4) is 0 Å². The summed E-state index contributed by atoms with van der Waals surface area (Å²) in [4.78, 5) is 0.309. The standard InChI is InChI=1S/C19H23NO2S/c1-14-11-15(2)18(16(3)12-14)23(21,22)20-13-19(4,5)17-9-7-6-8-10-17/h6-13H,1-5H3/b20-13+. The van der Waals surface area contributed by atoms with E-state index in [1.807, 2.05) is 77.1 Å². The van der Waals surface area contributed by atoms with E-state index in [1.165, 1.54) is 6.21 Å². The summed E-state index contributed by atoms with van der Waals surface area (Å²) in [6.07, 6.45) is 1.52. The minimum atomic E-state index is -3.71. The Balaban J connectivity index is 2.43. The summed E-state index contributed by atoms with van der Waals surface area (Å²) < 4.78 is 29.3. The van der Waals surface area contributed by atoms with Crippen LogP contribution in [0.15, 0.2) is 51.8 Å². The van der Waals surface area contributed by atoms with Gasteiger partial charge in [-0.1, -0.05) is 61.9 Å². The quantitative estimate of drug-likeness (QED) is 0.783. The lowest BCUT2D eigenvalue weighted by Gasteiger charge is -2.19. The van der Waals surface area contributed by atoms with Gasteiger partial charge in [-0.2, -0.15) is 12.8 Å². The molecule has 0 amide bonds. The van der Waals surface area contributed by atoms with E-state index < -0.39 is 15.4 Å². The predicted molar refractivity (Wildman–Crippen MR) is 95.8 cm³/mol. The van der Waals surface area contributed by atoms with Crippen molar-refractivity contribution in [3.05, 3.63) is 64.7 Å². The van der Waals surface area contributed by atoms with Gasteiger partial charge in [0.25, 0.3) is 10.0 Å². The van der Waals surface area contributed by atoms with Gasteiger partial charge in [-0.15, -0.1) is 0 Å². The maximum atomic E-state index is 12.7. The molecule has 0 spiro atoms. The van der Waals surface area contributed by atoms with Crippen LogP contribution in [0.25, 0.3) is 0 Å². The van der Waals surface area contributed by atoms with Gasteiger partial charge in [-0.3, -0.25) is 0 Å². The Hall–Kier alpha value is -1.94. The first-order chi connectivity index (χ1) is 10.6. The van der Waals surface area contributed by atoms with E-state index in [-0.39, 0.29) is 0 Å². The lowest BCUT2D eigenvalue weighted by atomic mass is 9.86. The van der Waals surface area contributed by atoms with Crippen LogP contribution in [-0.4, -0.2) is 14.6 Å². The maximum absolute atomic E-state index is 12.7. The first kappa shape index (κ1) is 17.4. The molecule has 0 fully saturated rings. The van der Waals surface area contributed by atoms with Crippen LogP contribution in [0.5, 0.6) is 0 Å². The molecule has 0 saturated heterocycles. The van der Waals surface area contributed by atoms with Gasteiger partial charge in [-0.05, 0) is 37.5 Å². The van der Waals surface area contributed by atoms with Gasteiger partial charge in [0.2, 0.25) is 0 Å². The van der Waals surface area contributed by atoms with Gasteiger partial charge in [0.15, 0.2) is 0 Å². The highest BCUT2D eigenvalue weighted by atomic mass is 32.2. The topological polar surface area (TPSA) is 46.5 Å². The molecular formula is C19H23NO2S. The molecule has 0 aromatic heterocycles. The number of aryl methyl sites for hydroxylation is 3. The lowest BCUT2D eigenvalue weighted by molar-refractivity contribution is 0.596. The van der Waals surface area contributed by atoms with Crippen molar-refractivity contribution in [3.8, 4) is 0 Å². The highest BCUT2D eigenvalue weighted by Gasteiger charge is 2.22. The SMILES string of the molecule is Cc1cc(C)c(S(=O)(=O)/N=C/C(C)(C)c2ccccc2)c(C)c1. The minimum absolute atomic E-state index is 0.309. The highest BCUT2D eigenvalue weighted by Crippen LogP contribution is 2.25. The fourth-order valence-corrected chi connectivity index (χ4v) is 4.21. The number of nitrogens with zero attached hydrogens (tertiary/aromatic N) is 1. The van der Waals surface area contributed by atoms with Crippen molar-refractivity contribution in [3.63, 3.8) is 0 Å². The smallest absolute Gasteiger partial charge is 0.199 e. The van der Waals surface area contributed by atoms with E-state index in [0.29, 0.717) is 4.90 Å². The van der Waals surface area contributed by atoms with Crippen molar-refractivity contribution in [2.45, 2.75) is 44.9 Å². The predicted octanol–water partition coefficient (Wildman–Crippen LogP) is 4.35. The van der Waals surface area contributed by atoms with E-state index in [1.54, 1.807) is 0 Å². The number of hydrogen-bond donors (Lipinski definition) is 0. The zero-order chi connectivity index (χ0) is 17.3. The van der Waals surface area contributed by atoms with E-state index in [9.17, 15) is 8.42 Å². The molecule has 4 heteroatoms. The Labute approximate surface area is 139 Å². The second kappa shape index (κ2) is 6.28. The fourth-order valence-electron chi connectivity index (χ4n) is 2.77. The molecule has 2 aromatic rings. The third-order valence-corrected chi connectivity index (χ3v) is 5.44. The average Bonchev–Trinajstić information content (AvgIpc) is 2.45. The molecule has 122 valence electrons. The van der Waals surface area contributed by atoms with Crippen LogP contribution in [0.4, 0.5) is 0 Å². The van der Waals surface area contributed by atoms with Gasteiger partial charge < -0.3 is 0 Å². The molecule has 0 aliphatic carbocycles. The van der Waals surface area contributed by atoms with Gasteiger partial charge in [0.1, 0.15) is 0 Å². The van der Waals surface area contributed by atoms with Crippen LogP contribution in [0.2, 0.25) is 0 Å². The number of benzene rings is 2. The Kier molecular flexibility index (Phi) is 4.76. The lowest BCUT2D eigenvalue weighted by Crippen LogP contribution is -2.20. The van der Waals surface area contributed by atoms with Crippen LogP contribution in [0, 0.1) is 20.8 Å². The molecule has 0 bridgehead atoms. The zero-order valence-electron chi connectivity index (χ0n) is 14.3. The number of hydrogen-bond acceptors (Lipinski definition) is 2. The van der Waals surface area contributed by atoms with E-state index in [2.05, 4.69) is 4.40 Å². The summed E-state index contributed by atoms with van der Waals surface area (Å²) in [6.45, 7) is 9.49. The molecule has 3 nitrogen and oxygen atoms in total. The third kappa shape index (κ3) is 3.88. The maximum Gasteiger partial charge on any atom is 0.282 e. The van der Waals surface area contributed by atoms with Crippen LogP contribution in [-0.2, 0) is 15.4 Å².